The molecule has 1 atom stereocenters. The third-order valence-corrected chi connectivity index (χ3v) is 3.31. The number of carbonyl (C=O) groups is 1. The van der Waals surface area contributed by atoms with Crippen molar-refractivity contribution in [2.24, 2.45) is 0 Å². The van der Waals surface area contributed by atoms with Crippen molar-refractivity contribution in [3.63, 3.8) is 0 Å². The minimum absolute atomic E-state index is 0.126. The highest BCUT2D eigenvalue weighted by molar-refractivity contribution is 5.95. The zero-order chi connectivity index (χ0) is 16.2. The van der Waals surface area contributed by atoms with Crippen LogP contribution in [0.25, 0.3) is 5.69 Å². The number of para-hydroxylation sites is 1. The molecular weight excluding hydrogens is 298 g/mol. The normalized spacial score (nSPS) is 12.0. The first-order valence-corrected chi connectivity index (χ1v) is 6.98. The Kier molecular flexibility index (Phi) is 4.11. The molecule has 0 aliphatic rings. The fourth-order valence-corrected chi connectivity index (χ4v) is 2.16. The van der Waals surface area contributed by atoms with Gasteiger partial charge in [0, 0.05) is 0 Å². The van der Waals surface area contributed by atoms with Gasteiger partial charge in [-0.05, 0) is 24.3 Å². The molecule has 118 valence electrons. The van der Waals surface area contributed by atoms with E-state index in [2.05, 4.69) is 10.4 Å². The summed E-state index contributed by atoms with van der Waals surface area (Å²) >= 11 is 0. The molecule has 0 aliphatic carbocycles. The molecule has 0 fully saturated rings. The molecule has 23 heavy (non-hydrogen) atoms. The van der Waals surface area contributed by atoms with E-state index in [1.807, 2.05) is 18.2 Å². The lowest BCUT2D eigenvalue weighted by molar-refractivity contribution is 0.0899. The zero-order valence-corrected chi connectivity index (χ0v) is 12.1. The summed E-state index contributed by atoms with van der Waals surface area (Å²) in [5.74, 6) is -0.432. The van der Waals surface area contributed by atoms with E-state index in [1.54, 1.807) is 24.3 Å². The van der Waals surface area contributed by atoms with E-state index < -0.39 is 11.9 Å². The number of amides is 1. The lowest BCUT2D eigenvalue weighted by Crippen LogP contribution is -2.31. The van der Waals surface area contributed by atoms with Crippen molar-refractivity contribution in [2.45, 2.75) is 6.04 Å². The summed E-state index contributed by atoms with van der Waals surface area (Å²) in [7, 11) is 0. The SMILES string of the molecule is O=C(NC(CO)c1ccco1)c1nn(-c2ccccc2)cc1O. The smallest absolute Gasteiger partial charge is 0.276 e. The Labute approximate surface area is 131 Å². The highest BCUT2D eigenvalue weighted by Gasteiger charge is 2.22. The number of aliphatic hydroxyl groups excluding tert-OH is 1. The van der Waals surface area contributed by atoms with Crippen molar-refractivity contribution in [3.05, 3.63) is 66.4 Å². The van der Waals surface area contributed by atoms with Crippen LogP contribution in [-0.4, -0.2) is 32.5 Å². The van der Waals surface area contributed by atoms with Crippen molar-refractivity contribution >= 4 is 5.91 Å². The summed E-state index contributed by atoms with van der Waals surface area (Å²) in [6, 6.07) is 11.7. The predicted octanol–water partition coefficient (Wildman–Crippen LogP) is 1.63. The van der Waals surface area contributed by atoms with E-state index in [-0.39, 0.29) is 18.1 Å². The number of furan rings is 1. The number of rotatable bonds is 5. The molecule has 0 radical (unpaired) electrons. The Hall–Kier alpha value is -3.06. The average Bonchev–Trinajstić information content (AvgIpc) is 3.23. The minimum Gasteiger partial charge on any atom is -0.504 e. The fourth-order valence-electron chi connectivity index (χ4n) is 2.16. The number of hydrogen-bond donors (Lipinski definition) is 3. The third-order valence-electron chi connectivity index (χ3n) is 3.31. The van der Waals surface area contributed by atoms with Crippen molar-refractivity contribution in [2.75, 3.05) is 6.61 Å². The van der Waals surface area contributed by atoms with Crippen LogP contribution in [0.3, 0.4) is 0 Å². The van der Waals surface area contributed by atoms with Gasteiger partial charge in [0.2, 0.25) is 0 Å². The van der Waals surface area contributed by atoms with Gasteiger partial charge in [-0.3, -0.25) is 4.79 Å². The molecule has 7 nitrogen and oxygen atoms in total. The van der Waals surface area contributed by atoms with E-state index in [0.717, 1.165) is 0 Å². The highest BCUT2D eigenvalue weighted by Crippen LogP contribution is 2.20. The number of nitrogens with one attached hydrogen (secondary N) is 1. The van der Waals surface area contributed by atoms with E-state index in [1.165, 1.54) is 17.1 Å². The molecule has 3 aromatic rings. The third kappa shape index (κ3) is 3.09. The van der Waals surface area contributed by atoms with E-state index in [9.17, 15) is 15.0 Å². The van der Waals surface area contributed by atoms with Crippen LogP contribution < -0.4 is 5.32 Å². The first-order valence-electron chi connectivity index (χ1n) is 6.98. The second-order valence-corrected chi connectivity index (χ2v) is 4.87. The molecule has 0 saturated carbocycles. The van der Waals surface area contributed by atoms with Crippen LogP contribution in [0.4, 0.5) is 0 Å². The summed E-state index contributed by atoms with van der Waals surface area (Å²) in [4.78, 5) is 12.3. The van der Waals surface area contributed by atoms with Crippen LogP contribution in [0.5, 0.6) is 5.75 Å². The minimum atomic E-state index is -0.709. The van der Waals surface area contributed by atoms with Gasteiger partial charge in [-0.15, -0.1) is 0 Å². The summed E-state index contributed by atoms with van der Waals surface area (Å²) in [5, 5.41) is 26.0. The van der Waals surface area contributed by atoms with Crippen molar-refractivity contribution in [1.29, 1.82) is 0 Å². The van der Waals surface area contributed by atoms with Crippen LogP contribution >= 0.6 is 0 Å². The lowest BCUT2D eigenvalue weighted by atomic mass is 10.2. The average molecular weight is 313 g/mol. The molecule has 3 rings (SSSR count). The van der Waals surface area contributed by atoms with Crippen LogP contribution in [0.1, 0.15) is 22.3 Å². The fraction of sp³-hybridized carbons (Fsp3) is 0.125. The maximum absolute atomic E-state index is 12.3. The molecule has 1 unspecified atom stereocenters. The van der Waals surface area contributed by atoms with Gasteiger partial charge in [-0.2, -0.15) is 5.10 Å². The Bertz CT molecular complexity index is 781. The maximum Gasteiger partial charge on any atom is 0.276 e. The largest absolute Gasteiger partial charge is 0.504 e. The first kappa shape index (κ1) is 14.9. The molecule has 7 heteroatoms. The molecule has 2 aromatic heterocycles. The molecule has 0 spiro atoms. The molecule has 0 bridgehead atoms. The van der Waals surface area contributed by atoms with E-state index >= 15 is 0 Å². The lowest BCUT2D eigenvalue weighted by Gasteiger charge is -2.12. The van der Waals surface area contributed by atoms with Crippen molar-refractivity contribution in [1.82, 2.24) is 15.1 Å². The summed E-state index contributed by atoms with van der Waals surface area (Å²) in [5.41, 5.74) is 0.588. The number of hydrogen-bond acceptors (Lipinski definition) is 5. The summed E-state index contributed by atoms with van der Waals surface area (Å²) in [6.07, 6.45) is 2.80. The Morgan fingerprint density at radius 3 is 2.70 bits per heavy atom. The van der Waals surface area contributed by atoms with Crippen LogP contribution in [0.15, 0.2) is 59.3 Å². The molecule has 0 saturated heterocycles. The second-order valence-electron chi connectivity index (χ2n) is 4.87. The predicted molar refractivity (Wildman–Crippen MR) is 81.2 cm³/mol. The van der Waals surface area contributed by atoms with Gasteiger partial charge in [0.05, 0.1) is 24.8 Å². The highest BCUT2D eigenvalue weighted by atomic mass is 16.3. The molecule has 1 aromatic carbocycles. The summed E-state index contributed by atoms with van der Waals surface area (Å²) in [6.45, 7) is -0.334. The molecule has 0 aliphatic heterocycles. The summed E-state index contributed by atoms with van der Waals surface area (Å²) < 4.78 is 6.57. The van der Waals surface area contributed by atoms with Gasteiger partial charge in [-0.1, -0.05) is 18.2 Å². The molecule has 3 N–H and O–H groups in total. The Morgan fingerprint density at radius 1 is 1.26 bits per heavy atom. The zero-order valence-electron chi connectivity index (χ0n) is 12.1. The number of aromatic nitrogens is 2. The van der Waals surface area contributed by atoms with Crippen molar-refractivity contribution < 1.29 is 19.4 Å². The van der Waals surface area contributed by atoms with Crippen LogP contribution in [-0.2, 0) is 0 Å². The van der Waals surface area contributed by atoms with Gasteiger partial charge in [-0.25, -0.2) is 4.68 Å². The van der Waals surface area contributed by atoms with E-state index in [4.69, 9.17) is 4.42 Å². The number of benzene rings is 1. The van der Waals surface area contributed by atoms with Gasteiger partial charge >= 0.3 is 0 Å². The maximum atomic E-state index is 12.3. The molecule has 1 amide bonds. The second kappa shape index (κ2) is 6.37. The monoisotopic (exact) mass is 313 g/mol. The van der Waals surface area contributed by atoms with Gasteiger partial charge < -0.3 is 19.9 Å². The topological polar surface area (TPSA) is 101 Å². The van der Waals surface area contributed by atoms with Gasteiger partial charge in [0.15, 0.2) is 11.4 Å². The van der Waals surface area contributed by atoms with Crippen molar-refractivity contribution in [3.8, 4) is 11.4 Å². The number of carbonyl (C=O) groups excluding carboxylic acids is 1. The van der Waals surface area contributed by atoms with Gasteiger partial charge in [0.1, 0.15) is 11.8 Å². The first-order chi connectivity index (χ1) is 11.2. The molecular formula is C16H15N3O4. The van der Waals surface area contributed by atoms with Gasteiger partial charge in [0.25, 0.3) is 5.91 Å². The molecule has 2 heterocycles. The van der Waals surface area contributed by atoms with Crippen LogP contribution in [0, 0.1) is 0 Å². The number of aliphatic hydroxyl groups is 1. The van der Waals surface area contributed by atoms with E-state index in [0.29, 0.717) is 11.4 Å². The number of nitrogens with zero attached hydrogens (tertiary/aromatic N) is 2. The quantitative estimate of drug-likeness (QED) is 0.665. The Morgan fingerprint density at radius 2 is 2.04 bits per heavy atom. The standard InChI is InChI=1S/C16H15N3O4/c20-10-12(14-7-4-8-23-14)17-16(22)15-13(21)9-19(18-15)11-5-2-1-3-6-11/h1-9,12,20-21H,10H2,(H,17,22). The Balaban J connectivity index is 1.81. The number of aromatic hydroxyl groups is 1. The van der Waals surface area contributed by atoms with Crippen LogP contribution in [0.2, 0.25) is 0 Å².